The van der Waals surface area contributed by atoms with Crippen LogP contribution in [0.3, 0.4) is 0 Å². The maximum atomic E-state index is 11.1. The number of aryl methyl sites for hydroxylation is 1. The van der Waals surface area contributed by atoms with Crippen molar-refractivity contribution < 1.29 is 4.79 Å². The average Bonchev–Trinajstić information content (AvgIpc) is 2.08. The van der Waals surface area contributed by atoms with Gasteiger partial charge in [-0.1, -0.05) is 39.7 Å². The maximum Gasteiger partial charge on any atom is 0.147 e. The molecule has 70 valence electrons. The fourth-order valence-electron chi connectivity index (χ4n) is 1.00. The lowest BCUT2D eigenvalue weighted by Gasteiger charge is -2.07. The van der Waals surface area contributed by atoms with Crippen LogP contribution in [0.15, 0.2) is 18.2 Å². The van der Waals surface area contributed by atoms with Gasteiger partial charge in [-0.2, -0.15) is 0 Å². The second-order valence-corrected chi connectivity index (χ2v) is 4.30. The highest BCUT2D eigenvalue weighted by atomic mass is 79.9. The Kier molecular flexibility index (Phi) is 3.51. The molecule has 0 saturated carbocycles. The standard InChI is InChI=1S/C10H10BrClO/c1-6-3-4-8(5-9(6)12)10(11)7(2)13/h3-5,10H,1-2H3. The second-order valence-electron chi connectivity index (χ2n) is 2.98. The Labute approximate surface area is 91.2 Å². The Morgan fingerprint density at radius 3 is 2.62 bits per heavy atom. The third-order valence-corrected chi connectivity index (χ3v) is 3.43. The topological polar surface area (TPSA) is 17.1 Å². The smallest absolute Gasteiger partial charge is 0.147 e. The van der Waals surface area contributed by atoms with E-state index in [0.717, 1.165) is 11.1 Å². The second kappa shape index (κ2) is 4.25. The number of carbonyl (C=O) groups excluding carboxylic acids is 1. The fourth-order valence-corrected chi connectivity index (χ4v) is 1.48. The Morgan fingerprint density at radius 1 is 1.54 bits per heavy atom. The molecule has 0 heterocycles. The summed E-state index contributed by atoms with van der Waals surface area (Å²) in [5.41, 5.74) is 1.93. The number of hydrogen-bond donors (Lipinski definition) is 0. The normalized spacial score (nSPS) is 12.6. The third-order valence-electron chi connectivity index (χ3n) is 1.85. The summed E-state index contributed by atoms with van der Waals surface area (Å²) in [7, 11) is 0. The van der Waals surface area contributed by atoms with Crippen LogP contribution in [0.4, 0.5) is 0 Å². The Hall–Kier alpha value is -0.340. The highest BCUT2D eigenvalue weighted by Gasteiger charge is 2.12. The molecule has 1 aromatic rings. The highest BCUT2D eigenvalue weighted by molar-refractivity contribution is 9.09. The lowest BCUT2D eigenvalue weighted by molar-refractivity contribution is -0.116. The largest absolute Gasteiger partial charge is 0.298 e. The number of hydrogen-bond acceptors (Lipinski definition) is 1. The van der Waals surface area contributed by atoms with Crippen molar-refractivity contribution in [2.75, 3.05) is 0 Å². The van der Waals surface area contributed by atoms with E-state index in [1.54, 1.807) is 6.92 Å². The molecular weight excluding hydrogens is 251 g/mol. The van der Waals surface area contributed by atoms with Gasteiger partial charge in [-0.15, -0.1) is 0 Å². The molecule has 1 rings (SSSR count). The van der Waals surface area contributed by atoms with E-state index in [0.29, 0.717) is 5.02 Å². The molecule has 0 aromatic heterocycles. The van der Waals surface area contributed by atoms with Gasteiger partial charge in [-0.3, -0.25) is 4.79 Å². The van der Waals surface area contributed by atoms with Crippen LogP contribution in [0.5, 0.6) is 0 Å². The van der Waals surface area contributed by atoms with E-state index in [2.05, 4.69) is 15.9 Å². The summed E-state index contributed by atoms with van der Waals surface area (Å²) in [4.78, 5) is 10.8. The zero-order valence-corrected chi connectivity index (χ0v) is 9.82. The first kappa shape index (κ1) is 10.7. The fraction of sp³-hybridized carbons (Fsp3) is 0.300. The lowest BCUT2D eigenvalue weighted by Crippen LogP contribution is -2.00. The molecule has 0 fully saturated rings. The summed E-state index contributed by atoms with van der Waals surface area (Å²) in [6, 6.07) is 5.63. The summed E-state index contributed by atoms with van der Waals surface area (Å²) in [6.45, 7) is 3.48. The van der Waals surface area contributed by atoms with E-state index in [4.69, 9.17) is 11.6 Å². The van der Waals surface area contributed by atoms with Crippen molar-refractivity contribution in [1.82, 2.24) is 0 Å². The molecule has 13 heavy (non-hydrogen) atoms. The summed E-state index contributed by atoms with van der Waals surface area (Å²) in [6.07, 6.45) is 0. The van der Waals surface area contributed by atoms with Crippen molar-refractivity contribution in [1.29, 1.82) is 0 Å². The van der Waals surface area contributed by atoms with E-state index in [-0.39, 0.29) is 10.6 Å². The molecule has 0 saturated heterocycles. The maximum absolute atomic E-state index is 11.1. The minimum absolute atomic E-state index is 0.0833. The van der Waals surface area contributed by atoms with Gasteiger partial charge in [0.2, 0.25) is 0 Å². The number of rotatable bonds is 2. The van der Waals surface area contributed by atoms with E-state index in [1.165, 1.54) is 0 Å². The molecule has 0 amide bonds. The summed E-state index contributed by atoms with van der Waals surface area (Å²) < 4.78 is 0. The molecule has 3 heteroatoms. The Balaban J connectivity index is 3.03. The monoisotopic (exact) mass is 260 g/mol. The van der Waals surface area contributed by atoms with Gasteiger partial charge in [0.15, 0.2) is 0 Å². The van der Waals surface area contributed by atoms with Gasteiger partial charge >= 0.3 is 0 Å². The van der Waals surface area contributed by atoms with E-state index < -0.39 is 0 Å². The number of benzene rings is 1. The molecule has 1 nitrogen and oxygen atoms in total. The predicted molar refractivity (Wildman–Crippen MR) is 58.5 cm³/mol. The summed E-state index contributed by atoms with van der Waals surface area (Å²) >= 11 is 9.23. The minimum atomic E-state index is -0.245. The quantitative estimate of drug-likeness (QED) is 0.742. The highest BCUT2D eigenvalue weighted by Crippen LogP contribution is 2.27. The van der Waals surface area contributed by atoms with Crippen molar-refractivity contribution in [2.24, 2.45) is 0 Å². The van der Waals surface area contributed by atoms with Gasteiger partial charge in [-0.25, -0.2) is 0 Å². The van der Waals surface area contributed by atoms with Crippen LogP contribution in [0, 0.1) is 6.92 Å². The van der Waals surface area contributed by atoms with Crippen LogP contribution in [-0.4, -0.2) is 5.78 Å². The van der Waals surface area contributed by atoms with Crippen molar-refractivity contribution in [2.45, 2.75) is 18.7 Å². The van der Waals surface area contributed by atoms with Crippen LogP contribution in [0.1, 0.15) is 22.9 Å². The van der Waals surface area contributed by atoms with E-state index >= 15 is 0 Å². The third kappa shape index (κ3) is 2.55. The minimum Gasteiger partial charge on any atom is -0.298 e. The zero-order chi connectivity index (χ0) is 10.0. The summed E-state index contributed by atoms with van der Waals surface area (Å²) in [5.74, 6) is 0.0833. The SMILES string of the molecule is CC(=O)C(Br)c1ccc(C)c(Cl)c1. The summed E-state index contributed by atoms with van der Waals surface area (Å²) in [5, 5.41) is 0.697. The molecule has 0 N–H and O–H groups in total. The first-order chi connectivity index (χ1) is 6.02. The number of halogens is 2. The number of carbonyl (C=O) groups is 1. The van der Waals surface area contributed by atoms with Crippen molar-refractivity contribution in [3.05, 3.63) is 34.3 Å². The average molecular weight is 262 g/mol. The first-order valence-electron chi connectivity index (χ1n) is 3.93. The van der Waals surface area contributed by atoms with Crippen LogP contribution < -0.4 is 0 Å². The van der Waals surface area contributed by atoms with Gasteiger partial charge in [-0.05, 0) is 31.0 Å². The Morgan fingerprint density at radius 2 is 2.15 bits per heavy atom. The molecule has 1 atom stereocenters. The van der Waals surface area contributed by atoms with Crippen LogP contribution in [0.25, 0.3) is 0 Å². The van der Waals surface area contributed by atoms with Gasteiger partial charge in [0.1, 0.15) is 5.78 Å². The van der Waals surface area contributed by atoms with Crippen molar-refractivity contribution in [3.8, 4) is 0 Å². The first-order valence-corrected chi connectivity index (χ1v) is 5.22. The predicted octanol–water partition coefficient (Wildman–Crippen LogP) is 3.67. The van der Waals surface area contributed by atoms with Crippen molar-refractivity contribution >= 4 is 33.3 Å². The molecule has 1 unspecified atom stereocenters. The molecule has 0 bridgehead atoms. The van der Waals surface area contributed by atoms with Gasteiger partial charge in [0.05, 0.1) is 4.83 Å². The molecular formula is C10H10BrClO. The van der Waals surface area contributed by atoms with E-state index in [1.807, 2.05) is 25.1 Å². The zero-order valence-electron chi connectivity index (χ0n) is 7.47. The van der Waals surface area contributed by atoms with Crippen LogP contribution in [0.2, 0.25) is 5.02 Å². The van der Waals surface area contributed by atoms with Gasteiger partial charge < -0.3 is 0 Å². The molecule has 0 aliphatic carbocycles. The van der Waals surface area contributed by atoms with E-state index in [9.17, 15) is 4.79 Å². The van der Waals surface area contributed by atoms with Crippen molar-refractivity contribution in [3.63, 3.8) is 0 Å². The van der Waals surface area contributed by atoms with Crippen LogP contribution >= 0.6 is 27.5 Å². The molecule has 0 radical (unpaired) electrons. The molecule has 0 aliphatic rings. The van der Waals surface area contributed by atoms with Crippen LogP contribution in [-0.2, 0) is 4.79 Å². The number of Topliss-reactive ketones (excluding diaryl/α,β-unsaturated/α-hetero) is 1. The molecule has 0 spiro atoms. The number of alkyl halides is 1. The molecule has 0 aliphatic heterocycles. The molecule has 1 aromatic carbocycles. The Bertz CT molecular complexity index is 336. The number of ketones is 1. The van der Waals surface area contributed by atoms with Gasteiger partial charge in [0.25, 0.3) is 0 Å². The lowest BCUT2D eigenvalue weighted by atomic mass is 10.1. The van der Waals surface area contributed by atoms with Gasteiger partial charge in [0, 0.05) is 5.02 Å².